The summed E-state index contributed by atoms with van der Waals surface area (Å²) in [4.78, 5) is 23.5. The highest BCUT2D eigenvalue weighted by atomic mass is 79.9. The number of amides is 2. The number of halogens is 1. The molecule has 1 aromatic carbocycles. The number of nitrogens with zero attached hydrogens (tertiary/aromatic N) is 3. The molecule has 22 heavy (non-hydrogen) atoms. The molecule has 2 N–H and O–H groups in total. The molecular formula is C14H14BrN5O2. The maximum atomic E-state index is 11.9. The van der Waals surface area contributed by atoms with Gasteiger partial charge in [-0.1, -0.05) is 21.1 Å². The standard InChI is InChI=1S/C14H14BrN5O2/c15-10-3-5-11(6-4-10)16-13(21)8-20-7-12(18-19-20)17-14(22)9-1-2-9/h3-7,9H,1-2,8H2,(H,16,21)(H,17,22). The van der Waals surface area contributed by atoms with Crippen LogP contribution in [-0.4, -0.2) is 26.8 Å². The van der Waals surface area contributed by atoms with Gasteiger partial charge in [0.1, 0.15) is 6.54 Å². The fraction of sp³-hybridized carbons (Fsp3) is 0.286. The average molecular weight is 364 g/mol. The van der Waals surface area contributed by atoms with Gasteiger partial charge in [0.2, 0.25) is 11.8 Å². The van der Waals surface area contributed by atoms with Crippen molar-refractivity contribution < 1.29 is 9.59 Å². The number of hydrogen-bond acceptors (Lipinski definition) is 4. The van der Waals surface area contributed by atoms with Gasteiger partial charge in [-0.15, -0.1) is 5.10 Å². The largest absolute Gasteiger partial charge is 0.324 e. The minimum atomic E-state index is -0.215. The van der Waals surface area contributed by atoms with E-state index in [-0.39, 0.29) is 24.3 Å². The van der Waals surface area contributed by atoms with Gasteiger partial charge >= 0.3 is 0 Å². The highest BCUT2D eigenvalue weighted by Gasteiger charge is 2.30. The Labute approximate surface area is 135 Å². The van der Waals surface area contributed by atoms with Crippen molar-refractivity contribution in [2.24, 2.45) is 5.92 Å². The lowest BCUT2D eigenvalue weighted by molar-refractivity contribution is -0.117. The third-order valence-corrected chi connectivity index (χ3v) is 3.70. The van der Waals surface area contributed by atoms with Crippen LogP contribution in [0.15, 0.2) is 34.9 Å². The topological polar surface area (TPSA) is 88.9 Å². The molecule has 1 fully saturated rings. The Bertz CT molecular complexity index is 694. The molecule has 1 heterocycles. The highest BCUT2D eigenvalue weighted by Crippen LogP contribution is 2.29. The van der Waals surface area contributed by atoms with Crippen LogP contribution in [0.3, 0.4) is 0 Å². The van der Waals surface area contributed by atoms with Crippen LogP contribution in [0.5, 0.6) is 0 Å². The van der Waals surface area contributed by atoms with Gasteiger partial charge in [-0.25, -0.2) is 4.68 Å². The molecule has 2 aromatic rings. The predicted molar refractivity (Wildman–Crippen MR) is 84.1 cm³/mol. The monoisotopic (exact) mass is 363 g/mol. The van der Waals surface area contributed by atoms with Crippen LogP contribution in [0.1, 0.15) is 12.8 Å². The zero-order chi connectivity index (χ0) is 15.5. The Kier molecular flexibility index (Phi) is 4.19. The minimum absolute atomic E-state index is 0.0301. The van der Waals surface area contributed by atoms with E-state index in [1.54, 1.807) is 18.3 Å². The van der Waals surface area contributed by atoms with Crippen LogP contribution in [-0.2, 0) is 16.1 Å². The second-order valence-corrected chi connectivity index (χ2v) is 6.04. The molecule has 3 rings (SSSR count). The van der Waals surface area contributed by atoms with E-state index in [0.717, 1.165) is 17.3 Å². The fourth-order valence-corrected chi connectivity index (χ4v) is 2.15. The fourth-order valence-electron chi connectivity index (χ4n) is 1.89. The molecule has 0 bridgehead atoms. The number of benzene rings is 1. The van der Waals surface area contributed by atoms with E-state index in [9.17, 15) is 9.59 Å². The molecule has 8 heteroatoms. The van der Waals surface area contributed by atoms with Crippen LogP contribution in [0.4, 0.5) is 11.5 Å². The summed E-state index contributed by atoms with van der Waals surface area (Å²) in [5.74, 6) is 0.220. The van der Waals surface area contributed by atoms with Gasteiger partial charge in [-0.3, -0.25) is 9.59 Å². The Morgan fingerprint density at radius 3 is 2.64 bits per heavy atom. The Balaban J connectivity index is 1.53. The quantitative estimate of drug-likeness (QED) is 0.850. The molecule has 7 nitrogen and oxygen atoms in total. The van der Waals surface area contributed by atoms with Crippen LogP contribution in [0.25, 0.3) is 0 Å². The molecule has 1 aromatic heterocycles. The molecule has 2 amide bonds. The van der Waals surface area contributed by atoms with Gasteiger partial charge < -0.3 is 10.6 Å². The van der Waals surface area contributed by atoms with Crippen molar-refractivity contribution in [2.45, 2.75) is 19.4 Å². The molecular weight excluding hydrogens is 350 g/mol. The number of aromatic nitrogens is 3. The van der Waals surface area contributed by atoms with Crippen molar-refractivity contribution in [3.8, 4) is 0 Å². The first kappa shape index (κ1) is 14.7. The second kappa shape index (κ2) is 6.27. The molecule has 1 aliphatic carbocycles. The zero-order valence-electron chi connectivity index (χ0n) is 11.6. The number of carbonyl (C=O) groups excluding carboxylic acids is 2. The SMILES string of the molecule is O=C(Cn1cc(NC(=O)C2CC2)nn1)Nc1ccc(Br)cc1. The first-order valence-corrected chi connectivity index (χ1v) is 7.66. The van der Waals surface area contributed by atoms with Gasteiger partial charge in [0, 0.05) is 16.1 Å². The highest BCUT2D eigenvalue weighted by molar-refractivity contribution is 9.10. The van der Waals surface area contributed by atoms with Crippen LogP contribution in [0.2, 0.25) is 0 Å². The summed E-state index contributed by atoms with van der Waals surface area (Å²) >= 11 is 3.33. The molecule has 114 valence electrons. The summed E-state index contributed by atoms with van der Waals surface area (Å²) in [6.45, 7) is 0.0301. The Morgan fingerprint density at radius 2 is 1.95 bits per heavy atom. The Morgan fingerprint density at radius 1 is 1.23 bits per heavy atom. The van der Waals surface area contributed by atoms with Crippen LogP contribution < -0.4 is 10.6 Å². The van der Waals surface area contributed by atoms with E-state index in [4.69, 9.17) is 0 Å². The lowest BCUT2D eigenvalue weighted by atomic mass is 10.3. The predicted octanol–water partition coefficient (Wildman–Crippen LogP) is 2.03. The molecule has 0 radical (unpaired) electrons. The summed E-state index contributed by atoms with van der Waals surface area (Å²) in [6, 6.07) is 7.28. The van der Waals surface area contributed by atoms with Gasteiger partial charge in [-0.2, -0.15) is 0 Å². The van der Waals surface area contributed by atoms with Gasteiger partial charge in [0.25, 0.3) is 0 Å². The number of rotatable bonds is 5. The molecule has 1 aliphatic rings. The van der Waals surface area contributed by atoms with E-state index in [1.165, 1.54) is 4.68 Å². The summed E-state index contributed by atoms with van der Waals surface area (Å²) in [5, 5.41) is 13.1. The van der Waals surface area contributed by atoms with Crippen LogP contribution >= 0.6 is 15.9 Å². The van der Waals surface area contributed by atoms with Crippen molar-refractivity contribution in [3.05, 3.63) is 34.9 Å². The summed E-state index contributed by atoms with van der Waals surface area (Å²) < 4.78 is 2.33. The van der Waals surface area contributed by atoms with E-state index in [2.05, 4.69) is 36.9 Å². The molecule has 0 saturated heterocycles. The number of anilines is 2. The first-order chi connectivity index (χ1) is 10.6. The summed E-state index contributed by atoms with van der Waals surface area (Å²) in [5.41, 5.74) is 0.704. The van der Waals surface area contributed by atoms with E-state index >= 15 is 0 Å². The van der Waals surface area contributed by atoms with Crippen molar-refractivity contribution in [3.63, 3.8) is 0 Å². The summed E-state index contributed by atoms with van der Waals surface area (Å²) in [6.07, 6.45) is 3.40. The molecule has 0 aliphatic heterocycles. The maximum absolute atomic E-state index is 11.9. The van der Waals surface area contributed by atoms with Gasteiger partial charge in [0.05, 0.1) is 6.20 Å². The molecule has 0 spiro atoms. The Hall–Kier alpha value is -2.22. The zero-order valence-corrected chi connectivity index (χ0v) is 13.2. The third-order valence-electron chi connectivity index (χ3n) is 3.17. The van der Waals surface area contributed by atoms with Crippen molar-refractivity contribution >= 4 is 39.2 Å². The van der Waals surface area contributed by atoms with Crippen LogP contribution in [0, 0.1) is 5.92 Å². The van der Waals surface area contributed by atoms with E-state index in [1.807, 2.05) is 12.1 Å². The van der Waals surface area contributed by atoms with E-state index in [0.29, 0.717) is 11.5 Å². The average Bonchev–Trinajstić information content (AvgIpc) is 3.25. The van der Waals surface area contributed by atoms with E-state index < -0.39 is 0 Å². The maximum Gasteiger partial charge on any atom is 0.246 e. The van der Waals surface area contributed by atoms with Gasteiger partial charge in [0.15, 0.2) is 5.82 Å². The normalized spacial score (nSPS) is 13.7. The van der Waals surface area contributed by atoms with Gasteiger partial charge in [-0.05, 0) is 37.1 Å². The minimum Gasteiger partial charge on any atom is -0.324 e. The summed E-state index contributed by atoms with van der Waals surface area (Å²) in [7, 11) is 0. The molecule has 0 unspecified atom stereocenters. The third kappa shape index (κ3) is 3.91. The number of nitrogens with one attached hydrogen (secondary N) is 2. The van der Waals surface area contributed by atoms with Crippen molar-refractivity contribution in [1.82, 2.24) is 15.0 Å². The number of hydrogen-bond donors (Lipinski definition) is 2. The smallest absolute Gasteiger partial charge is 0.246 e. The lowest BCUT2D eigenvalue weighted by Crippen LogP contribution is -2.19. The molecule has 1 saturated carbocycles. The van der Waals surface area contributed by atoms with Crippen molar-refractivity contribution in [1.29, 1.82) is 0 Å². The number of carbonyl (C=O) groups is 2. The lowest BCUT2D eigenvalue weighted by Gasteiger charge is -2.04. The molecule has 0 atom stereocenters. The van der Waals surface area contributed by atoms with Crippen molar-refractivity contribution in [2.75, 3.05) is 10.6 Å². The first-order valence-electron chi connectivity index (χ1n) is 6.86. The second-order valence-electron chi connectivity index (χ2n) is 5.12.